The summed E-state index contributed by atoms with van der Waals surface area (Å²) >= 11 is 0. The molecule has 1 aromatic carbocycles. The van der Waals surface area contributed by atoms with E-state index < -0.39 is 25.5 Å². The molecule has 0 aliphatic carbocycles. The summed E-state index contributed by atoms with van der Waals surface area (Å²) in [5.41, 5.74) is 0.525. The molecule has 25 heavy (non-hydrogen) atoms. The van der Waals surface area contributed by atoms with Crippen molar-refractivity contribution >= 4 is 25.7 Å². The van der Waals surface area contributed by atoms with Crippen molar-refractivity contribution in [2.75, 3.05) is 0 Å². The first kappa shape index (κ1) is 20.9. The van der Waals surface area contributed by atoms with Crippen LogP contribution in [0.15, 0.2) is 54.6 Å². The van der Waals surface area contributed by atoms with E-state index in [9.17, 15) is 9.59 Å². The van der Waals surface area contributed by atoms with Crippen LogP contribution in [0.3, 0.4) is 0 Å². The van der Waals surface area contributed by atoms with Crippen LogP contribution in [0.1, 0.15) is 41.5 Å². The quantitative estimate of drug-likeness (QED) is 0.544. The van der Waals surface area contributed by atoms with Gasteiger partial charge in [-0.25, -0.2) is 9.59 Å². The molecule has 0 aromatic heterocycles. The zero-order valence-electron chi connectivity index (χ0n) is 16.0. The van der Waals surface area contributed by atoms with Crippen molar-refractivity contribution in [3.8, 4) is 0 Å². The Hall–Kier alpha value is -2.14. The molecule has 1 aromatic rings. The first-order valence-corrected chi connectivity index (χ1v) is 10.1. The van der Waals surface area contributed by atoms with Crippen molar-refractivity contribution in [2.45, 2.75) is 46.6 Å². The van der Waals surface area contributed by atoms with Gasteiger partial charge in [0.25, 0.3) is 0 Å². The number of benzene rings is 1. The van der Waals surface area contributed by atoms with Crippen LogP contribution in [0.25, 0.3) is 0 Å². The Labute approximate surface area is 151 Å². The third-order valence-electron chi connectivity index (χ3n) is 4.62. The Bertz CT molecular complexity index is 646. The maximum atomic E-state index is 12.5. The fourth-order valence-electron chi connectivity index (χ4n) is 2.25. The second-order valence-electron chi connectivity index (χ2n) is 7.20. The third kappa shape index (κ3) is 4.28. The zero-order valence-corrected chi connectivity index (χ0v) is 17.0. The lowest BCUT2D eigenvalue weighted by Gasteiger charge is -2.43. The highest BCUT2D eigenvalue weighted by Crippen LogP contribution is 2.45. The fourth-order valence-corrected chi connectivity index (χ4v) is 6.06. The number of hydrogen-bond acceptors (Lipinski definition) is 4. The smallest absolute Gasteiger partial charge is 0.478 e. The number of rotatable bonds is 7. The number of carbonyl (C=O) groups excluding carboxylic acids is 2. The van der Waals surface area contributed by atoms with E-state index in [2.05, 4.69) is 13.2 Å². The standard InChI is InChI=1S/C20H28O4Si/c1-14(2)18(21)23-25(20(7,8)16(5)6,24-19(22)15(3)4)17-12-10-9-11-13-17/h9-13,16H,1,3H2,2,4-8H3. The van der Waals surface area contributed by atoms with Gasteiger partial charge >= 0.3 is 20.5 Å². The minimum atomic E-state index is -3.53. The van der Waals surface area contributed by atoms with Gasteiger partial charge in [0.2, 0.25) is 0 Å². The average Bonchev–Trinajstić information content (AvgIpc) is 2.54. The van der Waals surface area contributed by atoms with Crippen molar-refractivity contribution in [3.63, 3.8) is 0 Å². The molecule has 0 amide bonds. The normalized spacial score (nSPS) is 11.8. The highest BCUT2D eigenvalue weighted by atomic mass is 28.4. The first-order valence-electron chi connectivity index (χ1n) is 8.29. The summed E-state index contributed by atoms with van der Waals surface area (Å²) in [6, 6.07) is 9.24. The van der Waals surface area contributed by atoms with Crippen LogP contribution in [-0.2, 0) is 18.4 Å². The zero-order chi connectivity index (χ0) is 19.4. The molecule has 0 saturated heterocycles. The maximum absolute atomic E-state index is 12.5. The van der Waals surface area contributed by atoms with Gasteiger partial charge in [-0.3, -0.25) is 0 Å². The molecular formula is C20H28O4Si. The van der Waals surface area contributed by atoms with Gasteiger partial charge in [0.05, 0.1) is 0 Å². The van der Waals surface area contributed by atoms with E-state index in [0.29, 0.717) is 0 Å². The lowest BCUT2D eigenvalue weighted by molar-refractivity contribution is -0.137. The molecule has 0 heterocycles. The first-order chi connectivity index (χ1) is 11.5. The monoisotopic (exact) mass is 360 g/mol. The summed E-state index contributed by atoms with van der Waals surface area (Å²) in [6.45, 7) is 18.5. The van der Waals surface area contributed by atoms with Gasteiger partial charge in [0, 0.05) is 21.4 Å². The van der Waals surface area contributed by atoms with Crippen LogP contribution in [0.4, 0.5) is 0 Å². The lowest BCUT2D eigenvalue weighted by Crippen LogP contribution is -2.64. The van der Waals surface area contributed by atoms with Gasteiger partial charge < -0.3 is 8.85 Å². The average molecular weight is 361 g/mol. The van der Waals surface area contributed by atoms with Crippen molar-refractivity contribution in [1.29, 1.82) is 0 Å². The Morgan fingerprint density at radius 1 is 0.960 bits per heavy atom. The maximum Gasteiger partial charge on any atom is 0.506 e. The molecule has 0 atom stereocenters. The minimum Gasteiger partial charge on any atom is -0.478 e. The summed E-state index contributed by atoms with van der Waals surface area (Å²) in [5, 5.41) is 0.141. The van der Waals surface area contributed by atoms with Crippen molar-refractivity contribution < 1.29 is 18.4 Å². The Morgan fingerprint density at radius 2 is 1.36 bits per heavy atom. The molecule has 0 N–H and O–H groups in total. The lowest BCUT2D eigenvalue weighted by atomic mass is 9.99. The van der Waals surface area contributed by atoms with Gasteiger partial charge in [-0.2, -0.15) is 0 Å². The summed E-state index contributed by atoms with van der Waals surface area (Å²) < 4.78 is 11.9. The Morgan fingerprint density at radius 3 is 1.68 bits per heavy atom. The minimum absolute atomic E-state index is 0.0928. The third-order valence-corrected chi connectivity index (χ3v) is 8.93. The molecule has 0 aliphatic heterocycles. The van der Waals surface area contributed by atoms with Crippen molar-refractivity contribution in [1.82, 2.24) is 0 Å². The van der Waals surface area contributed by atoms with Crippen LogP contribution in [0.2, 0.25) is 5.04 Å². The van der Waals surface area contributed by atoms with Crippen LogP contribution in [0, 0.1) is 5.92 Å². The summed E-state index contributed by atoms with van der Waals surface area (Å²) in [5.74, 6) is -1.02. The van der Waals surface area contributed by atoms with Gasteiger partial charge in [-0.1, -0.05) is 71.2 Å². The van der Waals surface area contributed by atoms with E-state index in [1.54, 1.807) is 13.8 Å². The Kier molecular flexibility index (Phi) is 6.54. The van der Waals surface area contributed by atoms with Gasteiger partial charge in [0.1, 0.15) is 0 Å². The molecule has 0 aliphatic rings. The van der Waals surface area contributed by atoms with E-state index in [4.69, 9.17) is 8.85 Å². The molecule has 136 valence electrons. The van der Waals surface area contributed by atoms with Crippen LogP contribution in [0.5, 0.6) is 0 Å². The van der Waals surface area contributed by atoms with Gasteiger partial charge in [0.15, 0.2) is 0 Å². The molecule has 5 heteroatoms. The summed E-state index contributed by atoms with van der Waals surface area (Å²) in [4.78, 5) is 24.9. The number of carbonyl (C=O) groups is 2. The summed E-state index contributed by atoms with van der Waals surface area (Å²) in [7, 11) is -3.53. The van der Waals surface area contributed by atoms with Gasteiger partial charge in [-0.05, 0) is 19.8 Å². The van der Waals surface area contributed by atoms with Crippen molar-refractivity contribution in [3.05, 3.63) is 54.6 Å². The Balaban J connectivity index is 3.68. The SMILES string of the molecule is C=C(C)C(=O)O[Si](OC(=O)C(=C)C)(c1ccccc1)C(C)(C)C(C)C. The van der Waals surface area contributed by atoms with Crippen LogP contribution >= 0.6 is 0 Å². The summed E-state index contributed by atoms with van der Waals surface area (Å²) in [6.07, 6.45) is 0. The fraction of sp³-hybridized carbons (Fsp3) is 0.400. The van der Waals surface area contributed by atoms with Crippen LogP contribution in [-0.4, -0.2) is 20.5 Å². The molecular weight excluding hydrogens is 332 g/mol. The second-order valence-corrected chi connectivity index (χ2v) is 10.7. The van der Waals surface area contributed by atoms with Crippen molar-refractivity contribution in [2.24, 2.45) is 5.92 Å². The molecule has 0 saturated carbocycles. The largest absolute Gasteiger partial charge is 0.506 e. The predicted molar refractivity (Wildman–Crippen MR) is 103 cm³/mol. The highest BCUT2D eigenvalue weighted by Gasteiger charge is 2.61. The van der Waals surface area contributed by atoms with Gasteiger partial charge in [-0.15, -0.1) is 0 Å². The van der Waals surface area contributed by atoms with E-state index in [1.807, 2.05) is 58.0 Å². The highest BCUT2D eigenvalue weighted by molar-refractivity contribution is 6.86. The van der Waals surface area contributed by atoms with E-state index >= 15 is 0 Å². The van der Waals surface area contributed by atoms with E-state index in [0.717, 1.165) is 5.19 Å². The van der Waals surface area contributed by atoms with Crippen LogP contribution < -0.4 is 5.19 Å². The molecule has 4 nitrogen and oxygen atoms in total. The predicted octanol–water partition coefficient (Wildman–Crippen LogP) is 4.01. The topological polar surface area (TPSA) is 52.6 Å². The number of hydrogen-bond donors (Lipinski definition) is 0. The van der Waals surface area contributed by atoms with E-state index in [-0.39, 0.29) is 17.1 Å². The molecule has 0 unspecified atom stereocenters. The molecule has 0 bridgehead atoms. The van der Waals surface area contributed by atoms with E-state index in [1.165, 1.54) is 0 Å². The molecule has 0 fully saturated rings. The molecule has 1 rings (SSSR count). The molecule has 0 radical (unpaired) electrons. The molecule has 0 spiro atoms. The second kappa shape index (κ2) is 7.83.